The second-order valence-corrected chi connectivity index (χ2v) is 6.99. The van der Waals surface area contributed by atoms with Crippen molar-refractivity contribution in [3.05, 3.63) is 57.6 Å². The Balaban J connectivity index is 2.43. The van der Waals surface area contributed by atoms with Crippen molar-refractivity contribution in [2.75, 3.05) is 4.72 Å². The van der Waals surface area contributed by atoms with Crippen LogP contribution in [0.1, 0.15) is 11.1 Å². The summed E-state index contributed by atoms with van der Waals surface area (Å²) in [6.07, 6.45) is 0. The van der Waals surface area contributed by atoms with Crippen LogP contribution in [0.4, 0.5) is 5.69 Å². The average molecular weight is 330 g/mol. The summed E-state index contributed by atoms with van der Waals surface area (Å²) in [6.45, 7) is 3.59. The zero-order valence-electron chi connectivity index (χ0n) is 10.9. The number of sulfonamides is 1. The Morgan fingerprint density at radius 1 is 1.00 bits per heavy atom. The van der Waals surface area contributed by atoms with Gasteiger partial charge in [-0.3, -0.25) is 4.72 Å². The van der Waals surface area contributed by atoms with E-state index in [1.54, 1.807) is 25.1 Å². The second-order valence-electron chi connectivity index (χ2n) is 4.50. The molecule has 0 saturated heterocycles. The normalized spacial score (nSPS) is 11.4. The van der Waals surface area contributed by atoms with E-state index < -0.39 is 10.0 Å². The standard InChI is InChI=1S/C14H13Cl2NO2S/c1-9-3-4-10(2)14(7-9)20(18,19)17-13-6-5-11(15)8-12(13)16/h3-8,17H,1-2H3. The van der Waals surface area contributed by atoms with Crippen molar-refractivity contribution >= 4 is 38.9 Å². The molecule has 0 fully saturated rings. The minimum atomic E-state index is -3.68. The molecule has 2 aromatic carbocycles. The molecule has 106 valence electrons. The molecule has 3 nitrogen and oxygen atoms in total. The predicted octanol–water partition coefficient (Wildman–Crippen LogP) is 4.41. The summed E-state index contributed by atoms with van der Waals surface area (Å²) in [5.41, 5.74) is 1.85. The molecule has 0 atom stereocenters. The van der Waals surface area contributed by atoms with Gasteiger partial charge >= 0.3 is 0 Å². The third-order valence-corrected chi connectivity index (χ3v) is 4.86. The topological polar surface area (TPSA) is 46.2 Å². The van der Waals surface area contributed by atoms with Gasteiger partial charge < -0.3 is 0 Å². The number of rotatable bonds is 3. The molecule has 0 aliphatic carbocycles. The number of hydrogen-bond acceptors (Lipinski definition) is 2. The molecule has 20 heavy (non-hydrogen) atoms. The number of nitrogens with one attached hydrogen (secondary N) is 1. The van der Waals surface area contributed by atoms with Gasteiger partial charge in [-0.1, -0.05) is 35.3 Å². The molecule has 0 amide bonds. The van der Waals surface area contributed by atoms with Crippen LogP contribution < -0.4 is 4.72 Å². The lowest BCUT2D eigenvalue weighted by Gasteiger charge is -2.12. The molecule has 0 saturated carbocycles. The van der Waals surface area contributed by atoms with Gasteiger partial charge in [0.25, 0.3) is 10.0 Å². The second kappa shape index (κ2) is 5.64. The van der Waals surface area contributed by atoms with Crippen LogP contribution >= 0.6 is 23.2 Å². The van der Waals surface area contributed by atoms with Crippen LogP contribution in [-0.4, -0.2) is 8.42 Å². The smallest absolute Gasteiger partial charge is 0.262 e. The third kappa shape index (κ3) is 3.26. The fraction of sp³-hybridized carbons (Fsp3) is 0.143. The first-order valence-electron chi connectivity index (χ1n) is 5.85. The van der Waals surface area contributed by atoms with Gasteiger partial charge in [0.1, 0.15) is 0 Å². The molecule has 0 heterocycles. The number of anilines is 1. The van der Waals surface area contributed by atoms with Gasteiger partial charge in [-0.25, -0.2) is 8.42 Å². The first kappa shape index (κ1) is 15.2. The Morgan fingerprint density at radius 2 is 1.70 bits per heavy atom. The Labute approximate surface area is 128 Å². The summed E-state index contributed by atoms with van der Waals surface area (Å²) in [7, 11) is -3.68. The van der Waals surface area contributed by atoms with Crippen LogP contribution in [0.2, 0.25) is 10.0 Å². The van der Waals surface area contributed by atoms with E-state index in [4.69, 9.17) is 23.2 Å². The molecule has 2 rings (SSSR count). The summed E-state index contributed by atoms with van der Waals surface area (Å²) < 4.78 is 27.3. The van der Waals surface area contributed by atoms with Crippen LogP contribution in [0.5, 0.6) is 0 Å². The van der Waals surface area contributed by atoms with E-state index in [0.29, 0.717) is 16.3 Å². The van der Waals surface area contributed by atoms with Gasteiger partial charge in [0.15, 0.2) is 0 Å². The first-order chi connectivity index (χ1) is 9.29. The maximum Gasteiger partial charge on any atom is 0.262 e. The highest BCUT2D eigenvalue weighted by Crippen LogP contribution is 2.28. The summed E-state index contributed by atoms with van der Waals surface area (Å²) in [5.74, 6) is 0. The van der Waals surface area contributed by atoms with Crippen LogP contribution in [0.15, 0.2) is 41.3 Å². The zero-order valence-corrected chi connectivity index (χ0v) is 13.3. The first-order valence-corrected chi connectivity index (χ1v) is 8.08. The van der Waals surface area contributed by atoms with E-state index in [1.807, 2.05) is 13.0 Å². The summed E-state index contributed by atoms with van der Waals surface area (Å²) in [6, 6.07) is 9.87. The fourth-order valence-corrected chi connectivity index (χ4v) is 3.69. The third-order valence-electron chi connectivity index (χ3n) is 2.81. The SMILES string of the molecule is Cc1ccc(C)c(S(=O)(=O)Nc2ccc(Cl)cc2Cl)c1. The highest BCUT2D eigenvalue weighted by molar-refractivity contribution is 7.92. The van der Waals surface area contributed by atoms with Gasteiger partial charge in [0.05, 0.1) is 15.6 Å². The summed E-state index contributed by atoms with van der Waals surface area (Å²) in [4.78, 5) is 0.239. The Kier molecular flexibility index (Phi) is 4.28. The van der Waals surface area contributed by atoms with Crippen LogP contribution in [-0.2, 0) is 10.0 Å². The molecule has 0 aliphatic rings. The molecule has 6 heteroatoms. The zero-order chi connectivity index (χ0) is 14.9. The van der Waals surface area contributed by atoms with Gasteiger partial charge in [0, 0.05) is 5.02 Å². The van der Waals surface area contributed by atoms with Crippen molar-refractivity contribution in [2.24, 2.45) is 0 Å². The van der Waals surface area contributed by atoms with Crippen molar-refractivity contribution in [2.45, 2.75) is 18.7 Å². The molecular formula is C14H13Cl2NO2S. The fourth-order valence-electron chi connectivity index (χ4n) is 1.77. The van der Waals surface area contributed by atoms with Crippen molar-refractivity contribution in [3.8, 4) is 0 Å². The van der Waals surface area contributed by atoms with Gasteiger partial charge in [-0.05, 0) is 49.2 Å². The number of hydrogen-bond donors (Lipinski definition) is 1. The van der Waals surface area contributed by atoms with E-state index in [-0.39, 0.29) is 9.92 Å². The van der Waals surface area contributed by atoms with E-state index in [2.05, 4.69) is 4.72 Å². The Hall–Kier alpha value is -1.23. The van der Waals surface area contributed by atoms with Gasteiger partial charge in [0.2, 0.25) is 0 Å². The predicted molar refractivity (Wildman–Crippen MR) is 83.2 cm³/mol. The molecule has 0 aliphatic heterocycles. The lowest BCUT2D eigenvalue weighted by Crippen LogP contribution is -2.14. The van der Waals surface area contributed by atoms with Gasteiger partial charge in [-0.2, -0.15) is 0 Å². The quantitative estimate of drug-likeness (QED) is 0.906. The molecule has 0 aromatic heterocycles. The van der Waals surface area contributed by atoms with E-state index >= 15 is 0 Å². The molecule has 0 spiro atoms. The monoisotopic (exact) mass is 329 g/mol. The van der Waals surface area contributed by atoms with Crippen LogP contribution in [0.3, 0.4) is 0 Å². The molecule has 0 bridgehead atoms. The maximum absolute atomic E-state index is 12.4. The molecule has 1 N–H and O–H groups in total. The van der Waals surface area contributed by atoms with E-state index in [9.17, 15) is 8.42 Å². The van der Waals surface area contributed by atoms with Crippen molar-refractivity contribution < 1.29 is 8.42 Å². The number of halogens is 2. The number of aryl methyl sites for hydroxylation is 2. The summed E-state index contributed by atoms with van der Waals surface area (Å²) in [5, 5.41) is 0.705. The Bertz CT molecular complexity index is 758. The van der Waals surface area contributed by atoms with Crippen molar-refractivity contribution in [3.63, 3.8) is 0 Å². The highest BCUT2D eigenvalue weighted by Gasteiger charge is 2.18. The van der Waals surface area contributed by atoms with Crippen molar-refractivity contribution in [1.29, 1.82) is 0 Å². The lowest BCUT2D eigenvalue weighted by atomic mass is 10.2. The van der Waals surface area contributed by atoms with Gasteiger partial charge in [-0.15, -0.1) is 0 Å². The molecule has 2 aromatic rings. The van der Waals surface area contributed by atoms with Crippen LogP contribution in [0.25, 0.3) is 0 Å². The van der Waals surface area contributed by atoms with E-state index in [1.165, 1.54) is 12.1 Å². The molecule has 0 unspecified atom stereocenters. The number of benzene rings is 2. The Morgan fingerprint density at radius 3 is 2.35 bits per heavy atom. The highest BCUT2D eigenvalue weighted by atomic mass is 35.5. The minimum absolute atomic E-state index is 0.239. The largest absolute Gasteiger partial charge is 0.278 e. The van der Waals surface area contributed by atoms with E-state index in [0.717, 1.165) is 5.56 Å². The maximum atomic E-state index is 12.4. The minimum Gasteiger partial charge on any atom is -0.278 e. The lowest BCUT2D eigenvalue weighted by molar-refractivity contribution is 0.600. The molecule has 0 radical (unpaired) electrons. The van der Waals surface area contributed by atoms with Crippen molar-refractivity contribution in [1.82, 2.24) is 0 Å². The average Bonchev–Trinajstić information content (AvgIpc) is 2.35. The molecular weight excluding hydrogens is 317 g/mol. The summed E-state index contributed by atoms with van der Waals surface area (Å²) >= 11 is 11.8. The van der Waals surface area contributed by atoms with Crippen LogP contribution in [0, 0.1) is 13.8 Å².